The van der Waals surface area contributed by atoms with Crippen molar-refractivity contribution in [2.24, 2.45) is 0 Å². The summed E-state index contributed by atoms with van der Waals surface area (Å²) in [5, 5.41) is 10.9. The predicted octanol–water partition coefficient (Wildman–Crippen LogP) is 1.97. The van der Waals surface area contributed by atoms with Gasteiger partial charge in [-0.15, -0.1) is 5.10 Å². The Morgan fingerprint density at radius 2 is 2.23 bits per heavy atom. The van der Waals surface area contributed by atoms with Gasteiger partial charge in [-0.3, -0.25) is 9.78 Å². The molecule has 3 aromatic rings. The quantitative estimate of drug-likeness (QED) is 0.632. The van der Waals surface area contributed by atoms with Gasteiger partial charge < -0.3 is 10.6 Å². The van der Waals surface area contributed by atoms with Gasteiger partial charge >= 0.3 is 0 Å². The van der Waals surface area contributed by atoms with Crippen LogP contribution in [-0.2, 0) is 4.79 Å². The van der Waals surface area contributed by atoms with Crippen LogP contribution in [0, 0.1) is 6.92 Å². The fourth-order valence-electron chi connectivity index (χ4n) is 2.72. The highest BCUT2D eigenvalue weighted by atomic mass is 16.1. The van der Waals surface area contributed by atoms with Crippen LogP contribution in [-0.4, -0.2) is 43.1 Å². The number of nitrogens with zero attached hydrogens (tertiary/aromatic N) is 5. The van der Waals surface area contributed by atoms with Crippen LogP contribution in [0.4, 0.5) is 5.82 Å². The number of aryl methyl sites for hydroxylation is 1. The fraction of sp³-hybridized carbons (Fsp3) is 0.389. The molecule has 0 radical (unpaired) electrons. The third-order valence-electron chi connectivity index (χ3n) is 4.19. The van der Waals surface area contributed by atoms with Crippen molar-refractivity contribution in [2.45, 2.75) is 38.6 Å². The lowest BCUT2D eigenvalue weighted by Crippen LogP contribution is -2.25. The second kappa shape index (κ2) is 7.07. The second-order valence-electron chi connectivity index (χ2n) is 6.54. The first-order chi connectivity index (χ1) is 12.7. The number of aromatic nitrogens is 5. The van der Waals surface area contributed by atoms with Crippen LogP contribution < -0.4 is 10.6 Å². The van der Waals surface area contributed by atoms with E-state index in [2.05, 4.69) is 30.7 Å². The topological polar surface area (TPSA) is 97.1 Å². The van der Waals surface area contributed by atoms with E-state index in [0.29, 0.717) is 30.6 Å². The van der Waals surface area contributed by atoms with E-state index in [0.717, 1.165) is 36.3 Å². The summed E-state index contributed by atoms with van der Waals surface area (Å²) >= 11 is 0. The smallest absolute Gasteiger partial charge is 0.254 e. The summed E-state index contributed by atoms with van der Waals surface area (Å²) in [4.78, 5) is 24.8. The maximum Gasteiger partial charge on any atom is 0.254 e. The maximum absolute atomic E-state index is 11.7. The molecule has 2 N–H and O–H groups in total. The Hall–Kier alpha value is -3.03. The lowest BCUT2D eigenvalue weighted by atomic mass is 10.3. The Kier molecular flexibility index (Phi) is 4.47. The predicted molar refractivity (Wildman–Crippen MR) is 97.6 cm³/mol. The summed E-state index contributed by atoms with van der Waals surface area (Å²) in [6.45, 7) is 2.60. The minimum absolute atomic E-state index is 0.130. The van der Waals surface area contributed by atoms with E-state index >= 15 is 0 Å². The summed E-state index contributed by atoms with van der Waals surface area (Å²) in [5.74, 6) is 2.07. The van der Waals surface area contributed by atoms with Gasteiger partial charge in [0.25, 0.3) is 5.78 Å². The zero-order valence-corrected chi connectivity index (χ0v) is 14.6. The molecule has 3 heterocycles. The van der Waals surface area contributed by atoms with Crippen LogP contribution >= 0.6 is 0 Å². The van der Waals surface area contributed by atoms with Crippen molar-refractivity contribution in [3.05, 3.63) is 36.3 Å². The Morgan fingerprint density at radius 1 is 1.35 bits per heavy atom. The van der Waals surface area contributed by atoms with E-state index in [9.17, 15) is 4.79 Å². The molecule has 1 aliphatic rings. The normalized spacial score (nSPS) is 13.7. The number of fused-ring (bicyclic) bond motifs is 1. The number of rotatable bonds is 7. The van der Waals surface area contributed by atoms with Gasteiger partial charge in [-0.25, -0.2) is 4.98 Å². The maximum atomic E-state index is 11.7. The highest BCUT2D eigenvalue weighted by molar-refractivity contribution is 5.76. The van der Waals surface area contributed by atoms with E-state index in [1.165, 1.54) is 0 Å². The summed E-state index contributed by atoms with van der Waals surface area (Å²) in [7, 11) is 0. The van der Waals surface area contributed by atoms with Crippen LogP contribution in [0.3, 0.4) is 0 Å². The standard InChI is InChI=1S/C18H21N7O/c1-12-10-15(20-9-3-5-16(26)22-14-6-7-14)25-18(21-12)23-17(24-25)13-4-2-8-19-11-13/h2,4,8,10-11,14,20H,3,5-7,9H2,1H3,(H,22,26). The van der Waals surface area contributed by atoms with Gasteiger partial charge in [0.05, 0.1) is 0 Å². The monoisotopic (exact) mass is 351 g/mol. The van der Waals surface area contributed by atoms with E-state index in [4.69, 9.17) is 0 Å². The summed E-state index contributed by atoms with van der Waals surface area (Å²) in [6, 6.07) is 6.11. The molecule has 1 aliphatic carbocycles. The molecule has 4 rings (SSSR count). The molecule has 8 heteroatoms. The average Bonchev–Trinajstić information content (AvgIpc) is 3.34. The van der Waals surface area contributed by atoms with Crippen molar-refractivity contribution in [3.8, 4) is 11.4 Å². The molecule has 0 aliphatic heterocycles. The number of hydrogen-bond donors (Lipinski definition) is 2. The molecule has 8 nitrogen and oxygen atoms in total. The fourth-order valence-corrected chi connectivity index (χ4v) is 2.72. The zero-order valence-electron chi connectivity index (χ0n) is 14.6. The number of carbonyl (C=O) groups is 1. The molecule has 3 aromatic heterocycles. The van der Waals surface area contributed by atoms with Crippen molar-refractivity contribution in [3.63, 3.8) is 0 Å². The molecular formula is C18H21N7O. The van der Waals surface area contributed by atoms with Gasteiger partial charge in [-0.1, -0.05) is 0 Å². The Labute approximate surface area is 151 Å². The molecule has 26 heavy (non-hydrogen) atoms. The highest BCUT2D eigenvalue weighted by Gasteiger charge is 2.22. The van der Waals surface area contributed by atoms with E-state index in [1.54, 1.807) is 16.9 Å². The van der Waals surface area contributed by atoms with Crippen molar-refractivity contribution in [1.82, 2.24) is 29.9 Å². The van der Waals surface area contributed by atoms with Crippen molar-refractivity contribution >= 4 is 17.5 Å². The molecule has 134 valence electrons. The SMILES string of the molecule is Cc1cc(NCCCC(=O)NC2CC2)n2nc(-c3cccnc3)nc2n1. The third-order valence-corrected chi connectivity index (χ3v) is 4.19. The molecule has 0 unspecified atom stereocenters. The van der Waals surface area contributed by atoms with E-state index < -0.39 is 0 Å². The van der Waals surface area contributed by atoms with Crippen molar-refractivity contribution < 1.29 is 4.79 Å². The van der Waals surface area contributed by atoms with Gasteiger partial charge in [-0.2, -0.15) is 9.50 Å². The number of pyridine rings is 1. The summed E-state index contributed by atoms with van der Waals surface area (Å²) in [5.41, 5.74) is 1.70. The average molecular weight is 351 g/mol. The molecule has 0 saturated heterocycles. The minimum atomic E-state index is 0.130. The van der Waals surface area contributed by atoms with Crippen molar-refractivity contribution in [2.75, 3.05) is 11.9 Å². The number of nitrogens with one attached hydrogen (secondary N) is 2. The lowest BCUT2D eigenvalue weighted by Gasteiger charge is -2.08. The summed E-state index contributed by atoms with van der Waals surface area (Å²) in [6.07, 6.45) is 6.95. The van der Waals surface area contributed by atoms with Crippen LogP contribution in [0.5, 0.6) is 0 Å². The lowest BCUT2D eigenvalue weighted by molar-refractivity contribution is -0.121. The first-order valence-electron chi connectivity index (χ1n) is 8.87. The number of amides is 1. The largest absolute Gasteiger partial charge is 0.370 e. The van der Waals surface area contributed by atoms with Crippen LogP contribution in [0.2, 0.25) is 0 Å². The highest BCUT2D eigenvalue weighted by Crippen LogP contribution is 2.19. The van der Waals surface area contributed by atoms with E-state index in [1.807, 2.05) is 25.1 Å². The molecule has 0 atom stereocenters. The minimum Gasteiger partial charge on any atom is -0.370 e. The number of carbonyl (C=O) groups excluding carboxylic acids is 1. The van der Waals surface area contributed by atoms with Gasteiger partial charge in [0.2, 0.25) is 5.91 Å². The van der Waals surface area contributed by atoms with Gasteiger partial charge in [0, 0.05) is 48.7 Å². The van der Waals surface area contributed by atoms with Crippen LogP contribution in [0.1, 0.15) is 31.4 Å². The molecular weight excluding hydrogens is 330 g/mol. The molecule has 1 fully saturated rings. The first-order valence-corrected chi connectivity index (χ1v) is 8.87. The van der Waals surface area contributed by atoms with E-state index in [-0.39, 0.29) is 5.91 Å². The summed E-state index contributed by atoms with van der Waals surface area (Å²) < 4.78 is 1.69. The van der Waals surface area contributed by atoms with Gasteiger partial charge in [-0.05, 0) is 38.3 Å². The number of anilines is 1. The number of hydrogen-bond acceptors (Lipinski definition) is 6. The Morgan fingerprint density at radius 3 is 3.00 bits per heavy atom. The third kappa shape index (κ3) is 3.79. The van der Waals surface area contributed by atoms with Gasteiger partial charge in [0.1, 0.15) is 5.82 Å². The molecule has 1 saturated carbocycles. The van der Waals surface area contributed by atoms with Crippen LogP contribution in [0.15, 0.2) is 30.6 Å². The molecule has 0 spiro atoms. The van der Waals surface area contributed by atoms with Crippen LogP contribution in [0.25, 0.3) is 17.2 Å². The molecule has 0 bridgehead atoms. The second-order valence-corrected chi connectivity index (χ2v) is 6.54. The van der Waals surface area contributed by atoms with Gasteiger partial charge in [0.15, 0.2) is 5.82 Å². The van der Waals surface area contributed by atoms with Crippen molar-refractivity contribution in [1.29, 1.82) is 0 Å². The molecule has 1 amide bonds. The Balaban J connectivity index is 1.45. The zero-order chi connectivity index (χ0) is 17.9. The first kappa shape index (κ1) is 16.4. The molecule has 0 aromatic carbocycles. The Bertz CT molecular complexity index is 918.